The summed E-state index contributed by atoms with van der Waals surface area (Å²) in [4.78, 5) is 0. The zero-order valence-electron chi connectivity index (χ0n) is 13.3. The van der Waals surface area contributed by atoms with Crippen molar-refractivity contribution in [1.29, 1.82) is 0 Å². The summed E-state index contributed by atoms with van der Waals surface area (Å²) in [6.07, 6.45) is 12.8. The third-order valence-electron chi connectivity index (χ3n) is 3.90. The molecule has 23 heavy (non-hydrogen) atoms. The van der Waals surface area contributed by atoms with Crippen LogP contribution < -0.4 is 0 Å². The van der Waals surface area contributed by atoms with Crippen molar-refractivity contribution in [3.05, 3.63) is 35.9 Å². The zero-order chi connectivity index (χ0) is 17.2. The van der Waals surface area contributed by atoms with Gasteiger partial charge in [0.1, 0.15) is 5.38 Å². The molecule has 0 nitrogen and oxygen atoms in total. The Morgan fingerprint density at radius 3 is 1.48 bits per heavy atom. The number of unbranched alkanes of at least 4 members (excludes halogenated alkanes) is 7. The monoisotopic (exact) mass is 636 g/mol. The van der Waals surface area contributed by atoms with Crippen LogP contribution in [0.1, 0.15) is 69.8 Å². The highest BCUT2D eigenvalue weighted by Crippen LogP contribution is 2.42. The Hall–Kier alpha value is 1.62. The van der Waals surface area contributed by atoms with Crippen LogP contribution in [0.15, 0.2) is 30.3 Å². The Kier molecular flexibility index (Phi) is 11.9. The van der Waals surface area contributed by atoms with E-state index in [0.717, 1.165) is 12.8 Å². The van der Waals surface area contributed by atoms with Gasteiger partial charge in [0.15, 0.2) is 0 Å². The second-order valence-electron chi connectivity index (χ2n) is 6.01. The fourth-order valence-electron chi connectivity index (χ4n) is 2.56. The average molecular weight is 641 g/mol. The highest BCUT2D eigenvalue weighted by Gasteiger charge is 2.23. The summed E-state index contributed by atoms with van der Waals surface area (Å²) >= 11 is 18.3. The van der Waals surface area contributed by atoms with Gasteiger partial charge in [-0.1, -0.05) is 161 Å². The largest absolute Gasteiger partial charge is 0.135 e. The molecule has 1 aromatic rings. The molecule has 0 radical (unpaired) electrons. The lowest BCUT2D eigenvalue weighted by molar-refractivity contribution is 0.551. The molecule has 0 aromatic heterocycles. The van der Waals surface area contributed by atoms with Crippen molar-refractivity contribution in [2.45, 2.75) is 69.6 Å². The summed E-state index contributed by atoms with van der Waals surface area (Å²) in [6, 6.07) is 10.6. The van der Waals surface area contributed by atoms with E-state index in [1.54, 1.807) is 0 Å². The van der Waals surface area contributed by atoms with E-state index in [9.17, 15) is 0 Å². The first-order chi connectivity index (χ1) is 10.8. The molecule has 0 saturated carbocycles. The molecule has 132 valence electrons. The van der Waals surface area contributed by atoms with Gasteiger partial charge in [-0.3, -0.25) is 0 Å². The van der Waals surface area contributed by atoms with Crippen molar-refractivity contribution in [2.24, 2.45) is 0 Å². The quantitative estimate of drug-likeness (QED) is 0.167. The van der Waals surface area contributed by atoms with Gasteiger partial charge in [-0.15, -0.1) is 0 Å². The Bertz CT molecular complexity index is 411. The maximum Gasteiger partial charge on any atom is 0.135 e. The molecule has 0 aliphatic heterocycles. The molecule has 0 spiro atoms. The van der Waals surface area contributed by atoms with Gasteiger partial charge < -0.3 is 0 Å². The first-order valence-electron chi connectivity index (χ1n) is 8.31. The fraction of sp³-hybridized carbons (Fsp3) is 0.667. The zero-order valence-corrected chi connectivity index (χ0v) is 21.3. The maximum absolute atomic E-state index is 3.82. The number of hydrogen-bond acceptors (Lipinski definition) is 0. The predicted molar refractivity (Wildman–Crippen MR) is 122 cm³/mol. The third-order valence-corrected chi connectivity index (χ3v) is 6.80. The fourth-order valence-corrected chi connectivity index (χ4v) is 4.49. The first kappa shape index (κ1) is 22.7. The van der Waals surface area contributed by atoms with Crippen LogP contribution in [-0.2, 0) is 3.23 Å². The highest BCUT2D eigenvalue weighted by molar-refractivity contribution is 9.39. The van der Waals surface area contributed by atoms with Crippen molar-refractivity contribution in [1.82, 2.24) is 0 Å². The van der Waals surface area contributed by atoms with E-state index >= 15 is 0 Å². The summed E-state index contributed by atoms with van der Waals surface area (Å²) < 4.78 is -0.113. The van der Waals surface area contributed by atoms with E-state index in [0.29, 0.717) is 0 Å². The maximum atomic E-state index is 3.82. The molecule has 0 amide bonds. The van der Waals surface area contributed by atoms with E-state index in [1.807, 2.05) is 0 Å². The van der Waals surface area contributed by atoms with Crippen LogP contribution in [0.3, 0.4) is 0 Å². The van der Waals surface area contributed by atoms with Gasteiger partial charge in [0.25, 0.3) is 0 Å². The topological polar surface area (TPSA) is 0 Å². The Labute approximate surface area is 183 Å². The van der Waals surface area contributed by atoms with E-state index in [4.69, 9.17) is 0 Å². The highest BCUT2D eigenvalue weighted by atomic mass is 80.0. The molecule has 0 saturated heterocycles. The molecule has 1 aromatic carbocycles. The van der Waals surface area contributed by atoms with E-state index in [-0.39, 0.29) is 5.38 Å². The minimum atomic E-state index is -0.0607. The summed E-state index contributed by atoms with van der Waals surface area (Å²) in [5, 5.41) is 0. The van der Waals surface area contributed by atoms with Crippen molar-refractivity contribution >= 4 is 79.6 Å². The van der Waals surface area contributed by atoms with Gasteiger partial charge in [0.2, 0.25) is 0 Å². The molecule has 0 bridgehead atoms. The number of benzene rings is 1. The summed E-state index contributed by atoms with van der Waals surface area (Å²) in [7, 11) is 0. The van der Waals surface area contributed by atoms with Crippen LogP contribution in [0.5, 0.6) is 0 Å². The van der Waals surface area contributed by atoms with Crippen LogP contribution in [0, 0.1) is 0 Å². The van der Waals surface area contributed by atoms with Gasteiger partial charge >= 0.3 is 0 Å². The minimum absolute atomic E-state index is 0.0520. The second-order valence-corrected chi connectivity index (χ2v) is 17.0. The van der Waals surface area contributed by atoms with Crippen LogP contribution in [0.2, 0.25) is 0 Å². The Morgan fingerprint density at radius 1 is 0.565 bits per heavy atom. The molecule has 0 heterocycles. The smallest absolute Gasteiger partial charge is 0.0674 e. The van der Waals surface area contributed by atoms with Crippen molar-refractivity contribution in [3.8, 4) is 0 Å². The van der Waals surface area contributed by atoms with Crippen LogP contribution in [0.25, 0.3) is 0 Å². The number of halogens is 5. The minimum Gasteiger partial charge on any atom is -0.0674 e. The molecule has 0 fully saturated rings. The molecule has 5 heteroatoms. The molecule has 0 aliphatic carbocycles. The number of hydrogen-bond donors (Lipinski definition) is 0. The van der Waals surface area contributed by atoms with Gasteiger partial charge in [-0.05, 0) is 18.4 Å². The van der Waals surface area contributed by atoms with E-state index in [2.05, 4.69) is 110 Å². The number of rotatable bonds is 11. The van der Waals surface area contributed by atoms with Crippen LogP contribution >= 0.6 is 79.6 Å². The first-order valence-corrected chi connectivity index (χ1v) is 12.3. The lowest BCUT2D eigenvalue weighted by Gasteiger charge is -2.20. The average Bonchev–Trinajstić information content (AvgIpc) is 2.49. The van der Waals surface area contributed by atoms with Gasteiger partial charge in [0.05, 0.1) is 0 Å². The summed E-state index contributed by atoms with van der Waals surface area (Å²) in [5.74, 6) is 0. The summed E-state index contributed by atoms with van der Waals surface area (Å²) in [6.45, 7) is 0. The van der Waals surface area contributed by atoms with Gasteiger partial charge in [0, 0.05) is 0 Å². The van der Waals surface area contributed by atoms with Gasteiger partial charge in [-0.2, -0.15) is 0 Å². The van der Waals surface area contributed by atoms with Crippen molar-refractivity contribution < 1.29 is 0 Å². The lowest BCUT2D eigenvalue weighted by Crippen LogP contribution is -2.08. The van der Waals surface area contributed by atoms with E-state index in [1.165, 1.54) is 56.9 Å². The van der Waals surface area contributed by atoms with E-state index < -0.39 is 0 Å². The number of alkyl halides is 5. The van der Waals surface area contributed by atoms with Crippen molar-refractivity contribution in [3.63, 3.8) is 0 Å². The predicted octanol–water partition coefficient (Wildman–Crippen LogP) is 9.37. The summed E-state index contributed by atoms with van der Waals surface area (Å²) in [5.41, 5.74) is 1.31. The van der Waals surface area contributed by atoms with Crippen molar-refractivity contribution in [2.75, 3.05) is 0 Å². The second kappa shape index (κ2) is 12.1. The Morgan fingerprint density at radius 2 is 1.00 bits per heavy atom. The molecular formula is C18H25Br5. The SMILES string of the molecule is BrC(Br)(Br)CCCCCCCCCCC(Br)(Br)c1ccccc1. The van der Waals surface area contributed by atoms with Crippen LogP contribution in [0.4, 0.5) is 0 Å². The molecule has 0 unspecified atom stereocenters. The molecular weight excluding hydrogens is 616 g/mol. The molecule has 0 atom stereocenters. The third kappa shape index (κ3) is 11.8. The van der Waals surface area contributed by atoms with Crippen LogP contribution in [-0.4, -0.2) is 2.14 Å². The normalized spacial score (nSPS) is 12.6. The Balaban J connectivity index is 1.99. The van der Waals surface area contributed by atoms with Gasteiger partial charge in [-0.25, -0.2) is 0 Å². The molecule has 0 N–H and O–H groups in total. The standard InChI is InChI=1S/C18H25Br5/c19-17(20,16-12-8-7-9-13-16)14-10-5-3-1-2-4-6-11-15-18(21,22)23/h7-9,12-13H,1-6,10-11,14-15H2. The lowest BCUT2D eigenvalue weighted by atomic mass is 10.0. The molecule has 0 aliphatic rings. The molecule has 1 rings (SSSR count).